The Morgan fingerprint density at radius 2 is 2.24 bits per heavy atom. The maximum Gasteiger partial charge on any atom is 0.0959 e. The van der Waals surface area contributed by atoms with Crippen molar-refractivity contribution < 1.29 is 5.11 Å². The maximum atomic E-state index is 10.1. The van der Waals surface area contributed by atoms with E-state index >= 15 is 0 Å². The van der Waals surface area contributed by atoms with E-state index in [9.17, 15) is 5.11 Å². The molecule has 0 saturated heterocycles. The van der Waals surface area contributed by atoms with Gasteiger partial charge in [-0.25, -0.2) is 0 Å². The summed E-state index contributed by atoms with van der Waals surface area (Å²) in [5.41, 5.74) is 2.03. The highest BCUT2D eigenvalue weighted by atomic mass is 16.3. The van der Waals surface area contributed by atoms with Gasteiger partial charge in [-0.3, -0.25) is 9.67 Å². The second kappa shape index (κ2) is 5.59. The Hall–Kier alpha value is -1.68. The van der Waals surface area contributed by atoms with Gasteiger partial charge >= 0.3 is 0 Å². The number of nitrogens with zero attached hydrogens (tertiary/aromatic N) is 3. The Morgan fingerprint density at radius 3 is 2.94 bits per heavy atom. The van der Waals surface area contributed by atoms with Crippen LogP contribution in [0.1, 0.15) is 30.7 Å². The molecule has 0 fully saturated rings. The van der Waals surface area contributed by atoms with Crippen LogP contribution in [-0.4, -0.2) is 19.9 Å². The predicted octanol–water partition coefficient (Wildman–Crippen LogP) is 1.96. The van der Waals surface area contributed by atoms with E-state index in [1.54, 1.807) is 12.4 Å². The molecule has 1 atom stereocenters. The van der Waals surface area contributed by atoms with Gasteiger partial charge in [-0.05, 0) is 37.5 Å². The van der Waals surface area contributed by atoms with E-state index in [0.717, 1.165) is 24.2 Å². The fourth-order valence-electron chi connectivity index (χ4n) is 1.89. The van der Waals surface area contributed by atoms with Crippen molar-refractivity contribution in [1.82, 2.24) is 14.8 Å². The van der Waals surface area contributed by atoms with E-state index in [-0.39, 0.29) is 0 Å². The molecule has 0 spiro atoms. The highest BCUT2D eigenvalue weighted by Crippen LogP contribution is 2.18. The van der Waals surface area contributed by atoms with E-state index in [4.69, 9.17) is 0 Å². The Labute approximate surface area is 101 Å². The van der Waals surface area contributed by atoms with Crippen molar-refractivity contribution in [2.45, 2.75) is 32.4 Å². The molecule has 4 nitrogen and oxygen atoms in total. The lowest BCUT2D eigenvalue weighted by molar-refractivity contribution is 0.157. The van der Waals surface area contributed by atoms with Gasteiger partial charge in [0.1, 0.15) is 0 Å². The van der Waals surface area contributed by atoms with Crippen LogP contribution in [0.3, 0.4) is 0 Å². The summed E-state index contributed by atoms with van der Waals surface area (Å²) >= 11 is 0. The smallest absolute Gasteiger partial charge is 0.0959 e. The number of hydrogen-bond donors (Lipinski definition) is 1. The minimum atomic E-state index is -0.461. The summed E-state index contributed by atoms with van der Waals surface area (Å²) in [6.07, 6.45) is 6.38. The lowest BCUT2D eigenvalue weighted by Gasteiger charge is -2.12. The van der Waals surface area contributed by atoms with Crippen molar-refractivity contribution in [3.63, 3.8) is 0 Å². The van der Waals surface area contributed by atoms with Gasteiger partial charge in [0.25, 0.3) is 0 Å². The molecule has 1 unspecified atom stereocenters. The number of aromatic nitrogens is 3. The summed E-state index contributed by atoms with van der Waals surface area (Å²) in [4.78, 5) is 4.06. The van der Waals surface area contributed by atoms with Crippen molar-refractivity contribution in [3.05, 3.63) is 48.0 Å². The van der Waals surface area contributed by atoms with Crippen molar-refractivity contribution in [1.29, 1.82) is 0 Å². The molecule has 0 amide bonds. The first-order valence-electron chi connectivity index (χ1n) is 5.90. The minimum absolute atomic E-state index is 0.461. The van der Waals surface area contributed by atoms with Crippen molar-refractivity contribution in [3.8, 4) is 0 Å². The molecule has 2 heterocycles. The first-order chi connectivity index (χ1) is 8.31. The maximum absolute atomic E-state index is 10.1. The van der Waals surface area contributed by atoms with Crippen LogP contribution in [0.2, 0.25) is 0 Å². The Bertz CT molecular complexity index is 453. The zero-order chi connectivity index (χ0) is 12.1. The largest absolute Gasteiger partial charge is 0.387 e. The van der Waals surface area contributed by atoms with Gasteiger partial charge in [0.2, 0.25) is 0 Å². The molecule has 0 aliphatic rings. The van der Waals surface area contributed by atoms with E-state index in [1.807, 2.05) is 36.0 Å². The molecule has 2 aromatic heterocycles. The van der Waals surface area contributed by atoms with E-state index in [1.165, 1.54) is 0 Å². The molecule has 0 aromatic carbocycles. The van der Waals surface area contributed by atoms with Gasteiger partial charge in [0.05, 0.1) is 11.8 Å². The number of rotatable bonds is 5. The zero-order valence-corrected chi connectivity index (χ0v) is 9.95. The Morgan fingerprint density at radius 1 is 1.35 bits per heavy atom. The van der Waals surface area contributed by atoms with Crippen LogP contribution >= 0.6 is 0 Å². The van der Waals surface area contributed by atoms with Crippen LogP contribution in [0.4, 0.5) is 0 Å². The van der Waals surface area contributed by atoms with Gasteiger partial charge in [-0.15, -0.1) is 0 Å². The predicted molar refractivity (Wildman–Crippen MR) is 65.4 cm³/mol. The van der Waals surface area contributed by atoms with E-state index in [2.05, 4.69) is 10.1 Å². The summed E-state index contributed by atoms with van der Waals surface area (Å²) < 4.78 is 1.83. The topological polar surface area (TPSA) is 50.9 Å². The Balaban J connectivity index is 1.96. The van der Waals surface area contributed by atoms with Gasteiger partial charge in [-0.2, -0.15) is 5.10 Å². The molecule has 17 heavy (non-hydrogen) atoms. The van der Waals surface area contributed by atoms with Crippen LogP contribution in [0.15, 0.2) is 36.8 Å². The molecule has 2 aromatic rings. The molecule has 0 aliphatic heterocycles. The van der Waals surface area contributed by atoms with Crippen LogP contribution in [0.5, 0.6) is 0 Å². The second-order valence-corrected chi connectivity index (χ2v) is 3.99. The second-order valence-electron chi connectivity index (χ2n) is 3.99. The monoisotopic (exact) mass is 231 g/mol. The third-order valence-corrected chi connectivity index (χ3v) is 2.82. The van der Waals surface area contributed by atoms with Gasteiger partial charge in [0.15, 0.2) is 0 Å². The number of pyridine rings is 1. The number of aliphatic hydroxyl groups is 1. The number of hydrogen-bond acceptors (Lipinski definition) is 3. The average Bonchev–Trinajstić information content (AvgIpc) is 2.85. The average molecular weight is 231 g/mol. The van der Waals surface area contributed by atoms with E-state index < -0.39 is 6.10 Å². The standard InChI is InChI=1S/C13H17N3O/c1-2-16-12(7-9-15-16)13(17)6-5-11-4-3-8-14-10-11/h3-4,7-10,13,17H,2,5-6H2,1H3. The lowest BCUT2D eigenvalue weighted by atomic mass is 10.1. The van der Waals surface area contributed by atoms with Gasteiger partial charge < -0.3 is 5.11 Å². The third-order valence-electron chi connectivity index (χ3n) is 2.82. The first-order valence-corrected chi connectivity index (χ1v) is 5.90. The van der Waals surface area contributed by atoms with E-state index in [0.29, 0.717) is 6.42 Å². The molecular formula is C13H17N3O. The molecule has 2 rings (SSSR count). The normalized spacial score (nSPS) is 12.6. The molecule has 0 aliphatic carbocycles. The third kappa shape index (κ3) is 2.91. The molecule has 0 radical (unpaired) electrons. The first kappa shape index (κ1) is 11.8. The summed E-state index contributed by atoms with van der Waals surface area (Å²) in [5, 5.41) is 14.3. The van der Waals surface area contributed by atoms with Crippen LogP contribution in [0, 0.1) is 0 Å². The number of aryl methyl sites for hydroxylation is 2. The summed E-state index contributed by atoms with van der Waals surface area (Å²) in [5.74, 6) is 0. The highest BCUT2D eigenvalue weighted by Gasteiger charge is 2.12. The van der Waals surface area contributed by atoms with Gasteiger partial charge in [0, 0.05) is 25.1 Å². The van der Waals surface area contributed by atoms with Crippen LogP contribution in [-0.2, 0) is 13.0 Å². The molecule has 1 N–H and O–H groups in total. The molecule has 0 bridgehead atoms. The van der Waals surface area contributed by atoms with Crippen LogP contribution in [0.25, 0.3) is 0 Å². The summed E-state index contributed by atoms with van der Waals surface area (Å²) in [6.45, 7) is 2.80. The molecule has 90 valence electrons. The zero-order valence-electron chi connectivity index (χ0n) is 9.95. The summed E-state index contributed by atoms with van der Waals surface area (Å²) in [6, 6.07) is 5.81. The molecule has 0 saturated carbocycles. The minimum Gasteiger partial charge on any atom is -0.387 e. The fraction of sp³-hybridized carbons (Fsp3) is 0.385. The quantitative estimate of drug-likeness (QED) is 0.855. The molecule has 4 heteroatoms. The van der Waals surface area contributed by atoms with Crippen molar-refractivity contribution >= 4 is 0 Å². The van der Waals surface area contributed by atoms with Crippen molar-refractivity contribution in [2.24, 2.45) is 0 Å². The lowest BCUT2D eigenvalue weighted by Crippen LogP contribution is -2.08. The molecular weight excluding hydrogens is 214 g/mol. The van der Waals surface area contributed by atoms with Crippen LogP contribution < -0.4 is 0 Å². The van der Waals surface area contributed by atoms with Gasteiger partial charge in [-0.1, -0.05) is 6.07 Å². The van der Waals surface area contributed by atoms with Crippen molar-refractivity contribution in [2.75, 3.05) is 0 Å². The Kier molecular flexibility index (Phi) is 3.88. The summed E-state index contributed by atoms with van der Waals surface area (Å²) in [7, 11) is 0. The fourth-order valence-corrected chi connectivity index (χ4v) is 1.89. The highest BCUT2D eigenvalue weighted by molar-refractivity contribution is 5.10. The number of aliphatic hydroxyl groups excluding tert-OH is 1. The SMILES string of the molecule is CCn1nccc1C(O)CCc1cccnc1.